The van der Waals surface area contributed by atoms with Gasteiger partial charge in [-0.3, -0.25) is 14.5 Å². The first-order valence-corrected chi connectivity index (χ1v) is 9.36. The number of aryl methyl sites for hydroxylation is 1. The average molecular weight is 381 g/mol. The van der Waals surface area contributed by atoms with Crippen LogP contribution in [-0.4, -0.2) is 31.0 Å². The molecule has 9 nitrogen and oxygen atoms in total. The molecule has 0 spiro atoms. The highest BCUT2D eigenvalue weighted by Gasteiger charge is 2.22. The quantitative estimate of drug-likeness (QED) is 0.485. The van der Waals surface area contributed by atoms with E-state index >= 15 is 0 Å². The molecule has 26 heavy (non-hydrogen) atoms. The third kappa shape index (κ3) is 4.60. The van der Waals surface area contributed by atoms with Crippen molar-refractivity contribution in [3.63, 3.8) is 0 Å². The minimum absolute atomic E-state index is 0.0811. The Kier molecular flexibility index (Phi) is 5.98. The number of hydrogen-bond donors (Lipinski definition) is 3. The third-order valence-corrected chi connectivity index (χ3v) is 4.98. The number of sulfonamides is 1. The molecule has 0 atom stereocenters. The number of H-pyrrole nitrogens is 2. The van der Waals surface area contributed by atoms with Gasteiger partial charge in [0.05, 0.1) is 12.2 Å². The van der Waals surface area contributed by atoms with E-state index in [0.717, 1.165) is 12.8 Å². The van der Waals surface area contributed by atoms with Crippen LogP contribution in [0.1, 0.15) is 35.8 Å². The largest absolute Gasteiger partial charge is 0.462 e. The minimum atomic E-state index is -4.22. The van der Waals surface area contributed by atoms with E-state index in [1.807, 2.05) is 11.9 Å². The van der Waals surface area contributed by atoms with Crippen LogP contribution in [0.2, 0.25) is 0 Å². The van der Waals surface area contributed by atoms with Gasteiger partial charge in [-0.25, -0.2) is 18.0 Å². The molecule has 1 aromatic carbocycles. The lowest BCUT2D eigenvalue weighted by Gasteiger charge is -2.10. The van der Waals surface area contributed by atoms with E-state index in [2.05, 4.69) is 9.71 Å². The van der Waals surface area contributed by atoms with Gasteiger partial charge < -0.3 is 9.72 Å². The molecule has 0 radical (unpaired) electrons. The number of nitrogens with one attached hydrogen (secondary N) is 3. The molecular weight excluding hydrogens is 362 g/mol. The van der Waals surface area contributed by atoms with Gasteiger partial charge in [0.25, 0.3) is 15.6 Å². The van der Waals surface area contributed by atoms with E-state index in [1.165, 1.54) is 31.2 Å². The second-order valence-electron chi connectivity index (χ2n) is 5.53. The lowest BCUT2D eigenvalue weighted by atomic mass is 10.2. The molecule has 2 rings (SSSR count). The van der Waals surface area contributed by atoms with Gasteiger partial charge in [0.2, 0.25) is 0 Å². The number of aromatic nitrogens is 2. The van der Waals surface area contributed by atoms with Gasteiger partial charge in [-0.05, 0) is 37.6 Å². The van der Waals surface area contributed by atoms with Gasteiger partial charge in [0.1, 0.15) is 0 Å². The second kappa shape index (κ2) is 8.00. The molecule has 0 aliphatic rings. The number of ether oxygens (including phenoxy) is 1. The molecule has 140 valence electrons. The number of rotatable bonds is 7. The Morgan fingerprint density at radius 1 is 1.15 bits per heavy atom. The van der Waals surface area contributed by atoms with Crippen molar-refractivity contribution in [2.24, 2.45) is 0 Å². The van der Waals surface area contributed by atoms with E-state index in [0.29, 0.717) is 6.61 Å². The van der Waals surface area contributed by atoms with Gasteiger partial charge >= 0.3 is 11.7 Å². The summed E-state index contributed by atoms with van der Waals surface area (Å²) in [6.45, 7) is 3.60. The Bertz CT molecular complexity index is 1010. The third-order valence-electron chi connectivity index (χ3n) is 3.45. The zero-order valence-corrected chi connectivity index (χ0v) is 15.1. The van der Waals surface area contributed by atoms with Crippen molar-refractivity contribution in [2.75, 3.05) is 11.3 Å². The number of anilines is 1. The number of carbonyl (C=O) groups excluding carboxylic acids is 1. The van der Waals surface area contributed by atoms with Crippen molar-refractivity contribution in [1.82, 2.24) is 9.97 Å². The van der Waals surface area contributed by atoms with Crippen LogP contribution in [-0.2, 0) is 14.8 Å². The second-order valence-corrected chi connectivity index (χ2v) is 7.15. The Labute approximate surface area is 149 Å². The minimum Gasteiger partial charge on any atom is -0.462 e. The maximum atomic E-state index is 12.4. The molecule has 1 heterocycles. The van der Waals surface area contributed by atoms with Gasteiger partial charge in [0.15, 0.2) is 4.90 Å². The van der Waals surface area contributed by atoms with Crippen LogP contribution >= 0.6 is 0 Å². The first kappa shape index (κ1) is 19.4. The van der Waals surface area contributed by atoms with Crippen molar-refractivity contribution in [3.8, 4) is 0 Å². The zero-order chi connectivity index (χ0) is 19.3. The Morgan fingerprint density at radius 3 is 2.38 bits per heavy atom. The first-order valence-electron chi connectivity index (χ1n) is 7.88. The van der Waals surface area contributed by atoms with Gasteiger partial charge in [-0.2, -0.15) is 0 Å². The lowest BCUT2D eigenvalue weighted by Crippen LogP contribution is -2.31. The fraction of sp³-hybridized carbons (Fsp3) is 0.312. The molecular formula is C16H19N3O6S. The molecule has 0 bridgehead atoms. The van der Waals surface area contributed by atoms with E-state index < -0.39 is 32.1 Å². The molecule has 0 unspecified atom stereocenters. The molecule has 0 aliphatic heterocycles. The summed E-state index contributed by atoms with van der Waals surface area (Å²) >= 11 is 0. The summed E-state index contributed by atoms with van der Waals surface area (Å²) in [5, 5.41) is 0. The van der Waals surface area contributed by atoms with Gasteiger partial charge in [-0.15, -0.1) is 0 Å². The van der Waals surface area contributed by atoms with Gasteiger partial charge in [0, 0.05) is 11.4 Å². The number of esters is 1. The highest BCUT2D eigenvalue weighted by Crippen LogP contribution is 2.16. The number of aromatic amines is 2. The van der Waals surface area contributed by atoms with E-state index in [-0.39, 0.29) is 16.9 Å². The summed E-state index contributed by atoms with van der Waals surface area (Å²) < 4.78 is 32.1. The summed E-state index contributed by atoms with van der Waals surface area (Å²) in [7, 11) is -4.22. The maximum Gasteiger partial charge on any atom is 0.338 e. The summed E-state index contributed by atoms with van der Waals surface area (Å²) in [5.41, 5.74) is -1.46. The van der Waals surface area contributed by atoms with E-state index in [4.69, 9.17) is 4.74 Å². The summed E-state index contributed by atoms with van der Waals surface area (Å²) in [5.74, 6) is -0.499. The van der Waals surface area contributed by atoms with E-state index in [9.17, 15) is 22.8 Å². The molecule has 10 heteroatoms. The van der Waals surface area contributed by atoms with Crippen LogP contribution in [0, 0.1) is 6.92 Å². The molecule has 0 saturated carbocycles. The standard InChI is InChI=1S/C16H19N3O6S/c1-3-4-9-25-15(21)11-5-7-12(8-6-11)19-26(23,24)13-10(2)17-16(22)18-14(13)20/h5-8,19H,3-4,9H2,1-2H3,(H2,17,18,20,22). The molecule has 0 aliphatic carbocycles. The summed E-state index contributed by atoms with van der Waals surface area (Å²) in [6.07, 6.45) is 1.66. The number of unbranched alkanes of at least 4 members (excludes halogenated alkanes) is 1. The smallest absolute Gasteiger partial charge is 0.338 e. The summed E-state index contributed by atoms with van der Waals surface area (Å²) in [6, 6.07) is 5.58. The van der Waals surface area contributed by atoms with Gasteiger partial charge in [-0.1, -0.05) is 13.3 Å². The predicted molar refractivity (Wildman–Crippen MR) is 94.9 cm³/mol. The normalized spacial score (nSPS) is 11.2. The number of carbonyl (C=O) groups is 1. The molecule has 3 N–H and O–H groups in total. The van der Waals surface area contributed by atoms with Crippen molar-refractivity contribution in [3.05, 3.63) is 56.4 Å². The molecule has 0 amide bonds. The zero-order valence-electron chi connectivity index (χ0n) is 14.3. The van der Waals surface area contributed by atoms with Crippen LogP contribution < -0.4 is 16.0 Å². The Balaban J connectivity index is 2.20. The van der Waals surface area contributed by atoms with Crippen LogP contribution in [0.3, 0.4) is 0 Å². The molecule has 0 fully saturated rings. The number of hydrogen-bond acceptors (Lipinski definition) is 6. The molecule has 2 aromatic rings. The monoisotopic (exact) mass is 381 g/mol. The maximum absolute atomic E-state index is 12.4. The number of benzene rings is 1. The molecule has 0 saturated heterocycles. The SMILES string of the molecule is CCCCOC(=O)c1ccc(NS(=O)(=O)c2c(C)[nH]c(=O)[nH]c2=O)cc1. The first-order chi connectivity index (χ1) is 12.2. The van der Waals surface area contributed by atoms with Crippen molar-refractivity contribution >= 4 is 21.7 Å². The van der Waals surface area contributed by atoms with Crippen LogP contribution in [0.5, 0.6) is 0 Å². The molecule has 1 aromatic heterocycles. The summed E-state index contributed by atoms with van der Waals surface area (Å²) in [4.78, 5) is 38.3. The van der Waals surface area contributed by atoms with Crippen molar-refractivity contribution in [2.45, 2.75) is 31.6 Å². The van der Waals surface area contributed by atoms with Crippen LogP contribution in [0.15, 0.2) is 38.8 Å². The fourth-order valence-electron chi connectivity index (χ4n) is 2.19. The Hall–Kier alpha value is -2.88. The fourth-order valence-corrected chi connectivity index (χ4v) is 3.48. The van der Waals surface area contributed by atoms with Crippen molar-refractivity contribution in [1.29, 1.82) is 0 Å². The topological polar surface area (TPSA) is 138 Å². The highest BCUT2D eigenvalue weighted by atomic mass is 32.2. The van der Waals surface area contributed by atoms with Crippen LogP contribution in [0.25, 0.3) is 0 Å². The lowest BCUT2D eigenvalue weighted by molar-refractivity contribution is 0.0500. The predicted octanol–water partition coefficient (Wildman–Crippen LogP) is 1.13. The van der Waals surface area contributed by atoms with E-state index in [1.54, 1.807) is 0 Å². The average Bonchev–Trinajstić information content (AvgIpc) is 2.54. The van der Waals surface area contributed by atoms with Crippen LogP contribution in [0.4, 0.5) is 5.69 Å². The Morgan fingerprint density at radius 2 is 1.81 bits per heavy atom. The van der Waals surface area contributed by atoms with Crippen molar-refractivity contribution < 1.29 is 17.9 Å². The highest BCUT2D eigenvalue weighted by molar-refractivity contribution is 7.92.